The van der Waals surface area contributed by atoms with Gasteiger partial charge in [-0.2, -0.15) is 0 Å². The van der Waals surface area contributed by atoms with E-state index in [1.54, 1.807) is 12.1 Å². The molecule has 24 heavy (non-hydrogen) atoms. The third-order valence-corrected chi connectivity index (χ3v) is 3.62. The first-order chi connectivity index (χ1) is 11.7. The van der Waals surface area contributed by atoms with Gasteiger partial charge in [0.05, 0.1) is 22.5 Å². The molecule has 0 saturated carbocycles. The van der Waals surface area contributed by atoms with Crippen LogP contribution >= 0.6 is 0 Å². The summed E-state index contributed by atoms with van der Waals surface area (Å²) < 4.78 is 0. The molecule has 0 atom stereocenters. The van der Waals surface area contributed by atoms with Gasteiger partial charge in [0.1, 0.15) is 11.8 Å². The van der Waals surface area contributed by atoms with Gasteiger partial charge in [0.15, 0.2) is 0 Å². The molecule has 0 unspecified atom stereocenters. The fraction of sp³-hybridized carbons (Fsp3) is 0. The summed E-state index contributed by atoms with van der Waals surface area (Å²) in [5.41, 5.74) is 2.52. The first-order valence-electron chi connectivity index (χ1n) is 7.22. The average molecular weight is 317 g/mol. The predicted molar refractivity (Wildman–Crippen MR) is 89.4 cm³/mol. The van der Waals surface area contributed by atoms with Crippen molar-refractivity contribution < 1.29 is 0 Å². The van der Waals surface area contributed by atoms with Gasteiger partial charge in [-0.05, 0) is 12.1 Å². The van der Waals surface area contributed by atoms with Crippen LogP contribution in [-0.2, 0) is 0 Å². The highest BCUT2D eigenvalue weighted by Gasteiger charge is 2.11. The molecule has 0 radical (unpaired) electrons. The summed E-state index contributed by atoms with van der Waals surface area (Å²) in [6.45, 7) is 0. The molecule has 0 bridgehead atoms. The molecular weight excluding hydrogens is 306 g/mol. The smallest absolute Gasteiger partial charge is 0.313 e. The molecule has 3 aromatic heterocycles. The molecule has 0 spiro atoms. The lowest BCUT2D eigenvalue weighted by Crippen LogP contribution is -2.22. The third-order valence-electron chi connectivity index (χ3n) is 3.62. The monoisotopic (exact) mass is 317 g/mol. The van der Waals surface area contributed by atoms with Crippen molar-refractivity contribution in [3.05, 3.63) is 75.8 Å². The van der Waals surface area contributed by atoms with Gasteiger partial charge in [-0.1, -0.05) is 30.3 Å². The maximum Gasteiger partial charge on any atom is 0.325 e. The molecule has 0 saturated heterocycles. The van der Waals surface area contributed by atoms with E-state index >= 15 is 0 Å². The van der Waals surface area contributed by atoms with E-state index in [9.17, 15) is 9.59 Å². The Morgan fingerprint density at radius 2 is 1.75 bits per heavy atom. The Kier molecular flexibility index (Phi) is 3.24. The third kappa shape index (κ3) is 2.38. The van der Waals surface area contributed by atoms with E-state index in [0.717, 1.165) is 5.56 Å². The van der Waals surface area contributed by atoms with Crippen molar-refractivity contribution in [2.45, 2.75) is 0 Å². The Bertz CT molecular complexity index is 1150. The summed E-state index contributed by atoms with van der Waals surface area (Å²) in [6.07, 6.45) is 2.83. The van der Waals surface area contributed by atoms with Crippen LogP contribution in [0.1, 0.15) is 0 Å². The molecule has 0 aliphatic heterocycles. The molecule has 7 heteroatoms. The molecular formula is C17H11N5O2. The number of hydrogen-bond donors (Lipinski definition) is 2. The Hall–Kier alpha value is -3.61. The second-order valence-electron chi connectivity index (χ2n) is 5.14. The van der Waals surface area contributed by atoms with Crippen LogP contribution < -0.4 is 11.2 Å². The van der Waals surface area contributed by atoms with Crippen LogP contribution in [0.2, 0.25) is 0 Å². The van der Waals surface area contributed by atoms with Crippen LogP contribution in [0.5, 0.6) is 0 Å². The zero-order valence-corrected chi connectivity index (χ0v) is 12.4. The molecule has 2 N–H and O–H groups in total. The van der Waals surface area contributed by atoms with Gasteiger partial charge in [0.2, 0.25) is 0 Å². The van der Waals surface area contributed by atoms with Gasteiger partial charge < -0.3 is 4.98 Å². The second-order valence-corrected chi connectivity index (χ2v) is 5.14. The Labute approximate surface area is 135 Å². The van der Waals surface area contributed by atoms with Crippen LogP contribution in [0.15, 0.2) is 64.6 Å². The quantitative estimate of drug-likeness (QED) is 0.586. The van der Waals surface area contributed by atoms with Crippen molar-refractivity contribution in [1.29, 1.82) is 0 Å². The van der Waals surface area contributed by atoms with Gasteiger partial charge >= 0.3 is 5.69 Å². The number of rotatable bonds is 2. The maximum absolute atomic E-state index is 12.0. The first kappa shape index (κ1) is 14.0. The number of aromatic nitrogens is 5. The molecule has 0 aliphatic carbocycles. The lowest BCUT2D eigenvalue weighted by atomic mass is 10.1. The SMILES string of the molecule is O=c1[nH]cc(-c2ccc3ncnc(-c4ccccc4)c3n2)c(=O)[nH]1. The van der Waals surface area contributed by atoms with Gasteiger partial charge in [0, 0.05) is 11.8 Å². The number of hydrogen-bond acceptors (Lipinski definition) is 5. The maximum atomic E-state index is 12.0. The Morgan fingerprint density at radius 3 is 2.54 bits per heavy atom. The van der Waals surface area contributed by atoms with E-state index in [4.69, 9.17) is 0 Å². The number of aromatic amines is 2. The van der Waals surface area contributed by atoms with E-state index in [-0.39, 0.29) is 5.56 Å². The second kappa shape index (κ2) is 5.54. The fourth-order valence-electron chi connectivity index (χ4n) is 2.50. The summed E-state index contributed by atoms with van der Waals surface area (Å²) in [6, 6.07) is 13.1. The molecule has 7 nitrogen and oxygen atoms in total. The summed E-state index contributed by atoms with van der Waals surface area (Å²) in [5, 5.41) is 0. The Morgan fingerprint density at radius 1 is 0.917 bits per heavy atom. The van der Waals surface area contributed by atoms with Crippen LogP contribution in [0.3, 0.4) is 0 Å². The molecule has 116 valence electrons. The van der Waals surface area contributed by atoms with Crippen molar-refractivity contribution >= 4 is 11.0 Å². The summed E-state index contributed by atoms with van der Waals surface area (Å²) >= 11 is 0. The lowest BCUT2D eigenvalue weighted by Gasteiger charge is -2.06. The Balaban J connectivity index is 1.98. The molecule has 0 aliphatic rings. The number of nitrogens with one attached hydrogen (secondary N) is 2. The van der Waals surface area contributed by atoms with Crippen LogP contribution in [-0.4, -0.2) is 24.9 Å². The summed E-state index contributed by atoms with van der Waals surface area (Å²) in [4.78, 5) is 40.9. The highest BCUT2D eigenvalue weighted by molar-refractivity contribution is 5.90. The van der Waals surface area contributed by atoms with E-state index in [1.807, 2.05) is 30.3 Å². The minimum atomic E-state index is -0.558. The van der Waals surface area contributed by atoms with Gasteiger partial charge in [0.25, 0.3) is 5.56 Å². The van der Waals surface area contributed by atoms with E-state index in [1.165, 1.54) is 12.5 Å². The fourth-order valence-corrected chi connectivity index (χ4v) is 2.50. The van der Waals surface area contributed by atoms with Crippen molar-refractivity contribution in [2.75, 3.05) is 0 Å². The first-order valence-corrected chi connectivity index (χ1v) is 7.22. The van der Waals surface area contributed by atoms with Gasteiger partial charge in [-0.25, -0.2) is 19.7 Å². The van der Waals surface area contributed by atoms with Gasteiger partial charge in [-0.15, -0.1) is 0 Å². The van der Waals surface area contributed by atoms with Crippen molar-refractivity contribution in [3.63, 3.8) is 0 Å². The molecule has 3 heterocycles. The predicted octanol–water partition coefficient (Wildman–Crippen LogP) is 1.74. The molecule has 0 amide bonds. The standard InChI is InChI=1S/C17H11N5O2/c23-16-11(8-18-17(24)22-16)12-6-7-13-15(21-12)14(20-9-19-13)10-4-2-1-3-5-10/h1-9H,(H2,18,22,23,24). The zero-order chi connectivity index (χ0) is 16.5. The number of benzene rings is 1. The highest BCUT2D eigenvalue weighted by Crippen LogP contribution is 2.25. The van der Waals surface area contributed by atoms with E-state index < -0.39 is 11.2 Å². The normalized spacial score (nSPS) is 10.8. The molecule has 4 rings (SSSR count). The van der Waals surface area contributed by atoms with Crippen LogP contribution in [0.4, 0.5) is 0 Å². The van der Waals surface area contributed by atoms with E-state index in [2.05, 4.69) is 24.9 Å². The van der Waals surface area contributed by atoms with Gasteiger partial charge in [-0.3, -0.25) is 9.78 Å². The largest absolute Gasteiger partial charge is 0.325 e. The lowest BCUT2D eigenvalue weighted by molar-refractivity contribution is 1.04. The average Bonchev–Trinajstić information content (AvgIpc) is 2.61. The number of fused-ring (bicyclic) bond motifs is 1. The number of H-pyrrole nitrogens is 2. The minimum absolute atomic E-state index is 0.277. The number of pyridine rings is 1. The van der Waals surface area contributed by atoms with Crippen molar-refractivity contribution in [2.24, 2.45) is 0 Å². The molecule has 0 fully saturated rings. The van der Waals surface area contributed by atoms with Crippen molar-refractivity contribution in [3.8, 4) is 22.5 Å². The van der Waals surface area contributed by atoms with Crippen LogP contribution in [0, 0.1) is 0 Å². The highest BCUT2D eigenvalue weighted by atomic mass is 16.2. The summed E-state index contributed by atoms with van der Waals surface area (Å²) in [5.74, 6) is 0. The van der Waals surface area contributed by atoms with Crippen LogP contribution in [0.25, 0.3) is 33.5 Å². The van der Waals surface area contributed by atoms with E-state index in [0.29, 0.717) is 22.4 Å². The zero-order valence-electron chi connectivity index (χ0n) is 12.4. The number of nitrogens with zero attached hydrogens (tertiary/aromatic N) is 3. The topological polar surface area (TPSA) is 104 Å². The molecule has 4 aromatic rings. The minimum Gasteiger partial charge on any atom is -0.313 e. The molecule has 1 aromatic carbocycles. The summed E-state index contributed by atoms with van der Waals surface area (Å²) in [7, 11) is 0. The van der Waals surface area contributed by atoms with Crippen molar-refractivity contribution in [1.82, 2.24) is 24.9 Å².